The van der Waals surface area contributed by atoms with Gasteiger partial charge in [-0.15, -0.1) is 12.4 Å². The van der Waals surface area contributed by atoms with E-state index in [-0.39, 0.29) is 18.4 Å². The van der Waals surface area contributed by atoms with Crippen LogP contribution in [0.3, 0.4) is 0 Å². The van der Waals surface area contributed by atoms with Gasteiger partial charge in [0, 0.05) is 13.1 Å². The molecule has 0 bridgehead atoms. The van der Waals surface area contributed by atoms with Crippen molar-refractivity contribution in [1.29, 1.82) is 0 Å². The molecule has 1 saturated carbocycles. The van der Waals surface area contributed by atoms with Gasteiger partial charge in [0.15, 0.2) is 0 Å². The Hall–Kier alpha value is -0.280. The largest absolute Gasteiger partial charge is 0.341 e. The van der Waals surface area contributed by atoms with Crippen molar-refractivity contribution in [2.75, 3.05) is 19.6 Å². The maximum absolute atomic E-state index is 12.6. The van der Waals surface area contributed by atoms with Crippen LogP contribution < -0.4 is 5.32 Å². The highest BCUT2D eigenvalue weighted by atomic mass is 35.5. The van der Waals surface area contributed by atoms with Gasteiger partial charge < -0.3 is 10.2 Å². The monoisotopic (exact) mass is 300 g/mol. The van der Waals surface area contributed by atoms with Crippen LogP contribution >= 0.6 is 12.4 Å². The molecule has 2 saturated heterocycles. The highest BCUT2D eigenvalue weighted by molar-refractivity contribution is 5.85. The molecule has 2 heterocycles. The SMILES string of the molecule is Cl.O=C(C1CCCN1)N1CCCC2(CCCCCC2)C1. The number of halogens is 1. The molecule has 0 aromatic rings. The van der Waals surface area contributed by atoms with Crippen molar-refractivity contribution in [1.82, 2.24) is 10.2 Å². The fourth-order valence-corrected chi connectivity index (χ4v) is 4.40. The Labute approximate surface area is 129 Å². The standard InChI is InChI=1S/C16H28N2O.ClH/c19-15(14-7-5-11-17-14)18-12-6-10-16(13-18)8-3-1-2-4-9-16;/h14,17H,1-13H2;1H. The summed E-state index contributed by atoms with van der Waals surface area (Å²) in [5.74, 6) is 0.390. The molecular formula is C16H29ClN2O. The topological polar surface area (TPSA) is 32.3 Å². The van der Waals surface area contributed by atoms with Crippen molar-refractivity contribution in [2.24, 2.45) is 5.41 Å². The van der Waals surface area contributed by atoms with Crippen LogP contribution in [0.2, 0.25) is 0 Å². The minimum atomic E-state index is 0. The predicted molar refractivity (Wildman–Crippen MR) is 84.2 cm³/mol. The molecule has 3 nitrogen and oxygen atoms in total. The number of carbonyl (C=O) groups excluding carboxylic acids is 1. The highest BCUT2D eigenvalue weighted by Gasteiger charge is 2.38. The van der Waals surface area contributed by atoms with Crippen LogP contribution in [0.5, 0.6) is 0 Å². The number of piperidine rings is 1. The van der Waals surface area contributed by atoms with E-state index in [9.17, 15) is 4.79 Å². The molecule has 1 spiro atoms. The number of amides is 1. The highest BCUT2D eigenvalue weighted by Crippen LogP contribution is 2.42. The summed E-state index contributed by atoms with van der Waals surface area (Å²) in [4.78, 5) is 14.8. The number of hydrogen-bond donors (Lipinski definition) is 1. The van der Waals surface area contributed by atoms with Gasteiger partial charge in [0.25, 0.3) is 0 Å². The number of hydrogen-bond acceptors (Lipinski definition) is 2. The van der Waals surface area contributed by atoms with Gasteiger partial charge in [-0.3, -0.25) is 4.79 Å². The van der Waals surface area contributed by atoms with Gasteiger partial charge in [0.1, 0.15) is 0 Å². The van der Waals surface area contributed by atoms with E-state index >= 15 is 0 Å². The minimum absolute atomic E-state index is 0. The third kappa shape index (κ3) is 3.48. The molecule has 1 amide bonds. The van der Waals surface area contributed by atoms with Crippen molar-refractivity contribution in [3.05, 3.63) is 0 Å². The van der Waals surface area contributed by atoms with Gasteiger partial charge in [-0.2, -0.15) is 0 Å². The van der Waals surface area contributed by atoms with Gasteiger partial charge >= 0.3 is 0 Å². The normalized spacial score (nSPS) is 29.8. The van der Waals surface area contributed by atoms with E-state index in [0.717, 1.165) is 32.5 Å². The summed E-state index contributed by atoms with van der Waals surface area (Å²) in [6.45, 7) is 3.07. The molecule has 116 valence electrons. The summed E-state index contributed by atoms with van der Waals surface area (Å²) in [6.07, 6.45) is 13.1. The first-order valence-electron chi connectivity index (χ1n) is 8.31. The first-order chi connectivity index (χ1) is 9.29. The van der Waals surface area contributed by atoms with Crippen molar-refractivity contribution in [3.8, 4) is 0 Å². The molecule has 1 aliphatic carbocycles. The van der Waals surface area contributed by atoms with E-state index in [1.807, 2.05) is 0 Å². The zero-order valence-electron chi connectivity index (χ0n) is 12.5. The van der Waals surface area contributed by atoms with Crippen molar-refractivity contribution < 1.29 is 4.79 Å². The number of carbonyl (C=O) groups is 1. The third-order valence-electron chi connectivity index (χ3n) is 5.50. The molecule has 4 heteroatoms. The number of likely N-dealkylation sites (tertiary alicyclic amines) is 1. The lowest BCUT2D eigenvalue weighted by molar-refractivity contribution is -0.137. The van der Waals surface area contributed by atoms with E-state index < -0.39 is 0 Å². The molecule has 0 aromatic carbocycles. The van der Waals surface area contributed by atoms with E-state index in [4.69, 9.17) is 0 Å². The van der Waals surface area contributed by atoms with E-state index in [1.54, 1.807) is 0 Å². The fraction of sp³-hybridized carbons (Fsp3) is 0.938. The Kier molecular flexibility index (Phi) is 5.74. The second-order valence-corrected chi connectivity index (χ2v) is 6.93. The lowest BCUT2D eigenvalue weighted by Gasteiger charge is -2.43. The summed E-state index contributed by atoms with van der Waals surface area (Å²) in [5.41, 5.74) is 0.475. The summed E-state index contributed by atoms with van der Waals surface area (Å²) in [6, 6.07) is 0.126. The number of rotatable bonds is 1. The summed E-state index contributed by atoms with van der Waals surface area (Å²) >= 11 is 0. The Morgan fingerprint density at radius 1 is 1.00 bits per heavy atom. The van der Waals surface area contributed by atoms with Crippen molar-refractivity contribution in [3.63, 3.8) is 0 Å². The first kappa shape index (κ1) is 16.1. The molecule has 3 fully saturated rings. The van der Waals surface area contributed by atoms with Crippen LogP contribution in [0, 0.1) is 5.41 Å². The minimum Gasteiger partial charge on any atom is -0.341 e. The molecule has 1 unspecified atom stereocenters. The van der Waals surface area contributed by atoms with Crippen LogP contribution in [0.15, 0.2) is 0 Å². The van der Waals surface area contributed by atoms with Crippen LogP contribution in [0.1, 0.15) is 64.2 Å². The molecule has 1 atom stereocenters. The third-order valence-corrected chi connectivity index (χ3v) is 5.50. The predicted octanol–water partition coefficient (Wildman–Crippen LogP) is 3.12. The van der Waals surface area contributed by atoms with Crippen molar-refractivity contribution >= 4 is 18.3 Å². The average molecular weight is 301 g/mol. The zero-order valence-corrected chi connectivity index (χ0v) is 13.3. The molecule has 0 aromatic heterocycles. The van der Waals surface area contributed by atoms with Crippen LogP contribution in [0.4, 0.5) is 0 Å². The van der Waals surface area contributed by atoms with E-state index in [0.29, 0.717) is 11.3 Å². The Morgan fingerprint density at radius 2 is 1.70 bits per heavy atom. The molecule has 20 heavy (non-hydrogen) atoms. The van der Waals surface area contributed by atoms with Crippen LogP contribution in [-0.2, 0) is 4.79 Å². The maximum atomic E-state index is 12.6. The molecule has 3 aliphatic rings. The van der Waals surface area contributed by atoms with Gasteiger partial charge in [-0.25, -0.2) is 0 Å². The molecule has 3 rings (SSSR count). The first-order valence-corrected chi connectivity index (χ1v) is 8.31. The van der Waals surface area contributed by atoms with Crippen LogP contribution in [0.25, 0.3) is 0 Å². The molecular weight excluding hydrogens is 272 g/mol. The summed E-state index contributed by atoms with van der Waals surface area (Å²) in [5, 5.41) is 3.37. The molecule has 1 N–H and O–H groups in total. The van der Waals surface area contributed by atoms with Gasteiger partial charge in [-0.05, 0) is 50.5 Å². The van der Waals surface area contributed by atoms with Crippen molar-refractivity contribution in [2.45, 2.75) is 70.3 Å². The molecule has 0 radical (unpaired) electrons. The Balaban J connectivity index is 0.00000147. The second kappa shape index (κ2) is 7.13. The smallest absolute Gasteiger partial charge is 0.239 e. The zero-order chi connectivity index (χ0) is 13.1. The lowest BCUT2D eigenvalue weighted by Crippen LogP contribution is -2.51. The average Bonchev–Trinajstić information content (AvgIpc) is 2.88. The maximum Gasteiger partial charge on any atom is 0.239 e. The Bertz CT molecular complexity index is 320. The number of nitrogens with zero attached hydrogens (tertiary/aromatic N) is 1. The number of nitrogens with one attached hydrogen (secondary N) is 1. The van der Waals surface area contributed by atoms with Crippen LogP contribution in [-0.4, -0.2) is 36.5 Å². The Morgan fingerprint density at radius 3 is 2.35 bits per heavy atom. The van der Waals surface area contributed by atoms with E-state index in [2.05, 4.69) is 10.2 Å². The molecule has 2 aliphatic heterocycles. The van der Waals surface area contributed by atoms with Gasteiger partial charge in [0.2, 0.25) is 5.91 Å². The summed E-state index contributed by atoms with van der Waals surface area (Å²) in [7, 11) is 0. The van der Waals surface area contributed by atoms with Gasteiger partial charge in [0.05, 0.1) is 6.04 Å². The quantitative estimate of drug-likeness (QED) is 0.807. The second-order valence-electron chi connectivity index (χ2n) is 6.93. The van der Waals surface area contributed by atoms with Gasteiger partial charge in [-0.1, -0.05) is 25.7 Å². The fourth-order valence-electron chi connectivity index (χ4n) is 4.40. The lowest BCUT2D eigenvalue weighted by atomic mass is 9.74. The summed E-state index contributed by atoms with van der Waals surface area (Å²) < 4.78 is 0. The van der Waals surface area contributed by atoms with E-state index in [1.165, 1.54) is 51.4 Å².